The van der Waals surface area contributed by atoms with Gasteiger partial charge in [0.2, 0.25) is 11.8 Å². The lowest BCUT2D eigenvalue weighted by Crippen LogP contribution is -2.05. The number of rotatable bonds is 4. The van der Waals surface area contributed by atoms with Crippen molar-refractivity contribution in [2.45, 2.75) is 13.5 Å². The Balaban J connectivity index is 2.04. The van der Waals surface area contributed by atoms with Gasteiger partial charge < -0.3 is 10.1 Å². The van der Waals surface area contributed by atoms with Crippen molar-refractivity contribution in [1.29, 1.82) is 0 Å². The van der Waals surface area contributed by atoms with Gasteiger partial charge in [0.15, 0.2) is 0 Å². The van der Waals surface area contributed by atoms with E-state index in [0.717, 1.165) is 11.3 Å². The Hall–Kier alpha value is -2.11. The Kier molecular flexibility index (Phi) is 3.22. The first-order valence-electron chi connectivity index (χ1n) is 5.29. The molecule has 0 bridgehead atoms. The molecule has 2 rings (SSSR count). The van der Waals surface area contributed by atoms with Crippen LogP contribution in [0.2, 0.25) is 0 Å². The van der Waals surface area contributed by atoms with Crippen molar-refractivity contribution in [2.75, 3.05) is 12.4 Å². The van der Waals surface area contributed by atoms with E-state index in [0.29, 0.717) is 18.4 Å². The zero-order chi connectivity index (χ0) is 12.3. The van der Waals surface area contributed by atoms with E-state index in [9.17, 15) is 0 Å². The summed E-state index contributed by atoms with van der Waals surface area (Å²) < 4.78 is 6.81. The van der Waals surface area contributed by atoms with Crippen LogP contribution in [0.1, 0.15) is 11.3 Å². The molecule has 0 aromatic carbocycles. The monoisotopic (exact) mass is 233 g/mol. The highest BCUT2D eigenvalue weighted by Gasteiger charge is 2.04. The second-order valence-electron chi connectivity index (χ2n) is 3.71. The molecule has 0 atom stereocenters. The summed E-state index contributed by atoms with van der Waals surface area (Å²) in [5.74, 6) is 1.08. The lowest BCUT2D eigenvalue weighted by molar-refractivity contribution is 0.397. The number of aryl methyl sites for hydroxylation is 2. The summed E-state index contributed by atoms with van der Waals surface area (Å²) in [6.45, 7) is 2.62. The van der Waals surface area contributed by atoms with Crippen molar-refractivity contribution in [2.24, 2.45) is 7.05 Å². The third kappa shape index (κ3) is 2.72. The Morgan fingerprint density at radius 2 is 2.29 bits per heavy atom. The number of methoxy groups -OCH3 is 1. The number of hydrogen-bond donors (Lipinski definition) is 1. The fraction of sp³-hybridized carbons (Fsp3) is 0.364. The third-order valence-corrected chi connectivity index (χ3v) is 2.37. The lowest BCUT2D eigenvalue weighted by atomic mass is 10.3. The molecule has 2 heterocycles. The van der Waals surface area contributed by atoms with E-state index < -0.39 is 0 Å². The number of ether oxygens (including phenoxy) is 1. The van der Waals surface area contributed by atoms with Gasteiger partial charge in [-0.1, -0.05) is 0 Å². The van der Waals surface area contributed by atoms with Crippen molar-refractivity contribution in [3.63, 3.8) is 0 Å². The van der Waals surface area contributed by atoms with E-state index >= 15 is 0 Å². The number of aromatic nitrogens is 4. The molecule has 0 aliphatic heterocycles. The third-order valence-electron chi connectivity index (χ3n) is 2.37. The molecule has 1 N–H and O–H groups in total. The minimum absolute atomic E-state index is 0.536. The van der Waals surface area contributed by atoms with Gasteiger partial charge in [-0.15, -0.1) is 0 Å². The molecule has 2 aromatic heterocycles. The minimum Gasteiger partial charge on any atom is -0.481 e. The van der Waals surface area contributed by atoms with Crippen LogP contribution in [0.25, 0.3) is 0 Å². The molecule has 0 aliphatic carbocycles. The second kappa shape index (κ2) is 4.82. The summed E-state index contributed by atoms with van der Waals surface area (Å²) >= 11 is 0. The van der Waals surface area contributed by atoms with E-state index in [1.54, 1.807) is 24.1 Å². The van der Waals surface area contributed by atoms with Gasteiger partial charge in [-0.2, -0.15) is 10.1 Å². The van der Waals surface area contributed by atoms with Crippen molar-refractivity contribution in [1.82, 2.24) is 19.7 Å². The number of hydrogen-bond acceptors (Lipinski definition) is 5. The number of nitrogens with one attached hydrogen (secondary N) is 1. The van der Waals surface area contributed by atoms with Crippen LogP contribution in [-0.4, -0.2) is 26.9 Å². The Morgan fingerprint density at radius 3 is 2.94 bits per heavy atom. The summed E-state index contributed by atoms with van der Waals surface area (Å²) in [6, 6.07) is 1.71. The summed E-state index contributed by atoms with van der Waals surface area (Å²) in [5.41, 5.74) is 2.13. The first-order valence-corrected chi connectivity index (χ1v) is 5.29. The molecular weight excluding hydrogens is 218 g/mol. The van der Waals surface area contributed by atoms with Crippen molar-refractivity contribution < 1.29 is 4.74 Å². The molecule has 0 saturated carbocycles. The Bertz CT molecular complexity index is 508. The predicted molar refractivity (Wildman–Crippen MR) is 63.9 cm³/mol. The van der Waals surface area contributed by atoms with E-state index in [-0.39, 0.29) is 0 Å². The van der Waals surface area contributed by atoms with E-state index in [1.165, 1.54) is 0 Å². The highest BCUT2D eigenvalue weighted by Crippen LogP contribution is 2.10. The van der Waals surface area contributed by atoms with Gasteiger partial charge in [-0.25, -0.2) is 4.98 Å². The molecular formula is C11H15N5O. The average molecular weight is 233 g/mol. The van der Waals surface area contributed by atoms with Crippen LogP contribution in [0.4, 0.5) is 5.95 Å². The van der Waals surface area contributed by atoms with Crippen LogP contribution in [0, 0.1) is 6.92 Å². The maximum atomic E-state index is 5.02. The molecule has 0 saturated heterocycles. The van der Waals surface area contributed by atoms with Gasteiger partial charge in [0, 0.05) is 25.5 Å². The van der Waals surface area contributed by atoms with Gasteiger partial charge in [0.25, 0.3) is 0 Å². The van der Waals surface area contributed by atoms with Crippen LogP contribution >= 0.6 is 0 Å². The smallest absolute Gasteiger partial charge is 0.226 e. The maximum Gasteiger partial charge on any atom is 0.226 e. The Labute approximate surface area is 99.7 Å². The maximum absolute atomic E-state index is 5.02. The van der Waals surface area contributed by atoms with Crippen molar-refractivity contribution in [3.8, 4) is 5.88 Å². The number of anilines is 1. The van der Waals surface area contributed by atoms with Crippen LogP contribution < -0.4 is 10.1 Å². The quantitative estimate of drug-likeness (QED) is 0.857. The Morgan fingerprint density at radius 1 is 1.47 bits per heavy atom. The zero-order valence-corrected chi connectivity index (χ0v) is 10.1. The molecule has 0 amide bonds. The van der Waals surface area contributed by atoms with Crippen molar-refractivity contribution in [3.05, 3.63) is 29.7 Å². The highest BCUT2D eigenvalue weighted by atomic mass is 16.5. The lowest BCUT2D eigenvalue weighted by Gasteiger charge is -2.04. The molecule has 0 fully saturated rings. The second-order valence-corrected chi connectivity index (χ2v) is 3.71. The average Bonchev–Trinajstić information content (AvgIpc) is 2.65. The van der Waals surface area contributed by atoms with Crippen LogP contribution in [0.15, 0.2) is 18.5 Å². The normalized spacial score (nSPS) is 10.3. The van der Waals surface area contributed by atoms with E-state index in [4.69, 9.17) is 4.74 Å². The number of nitrogens with zero attached hydrogens (tertiary/aromatic N) is 4. The molecule has 0 unspecified atom stereocenters. The molecule has 2 aromatic rings. The summed E-state index contributed by atoms with van der Waals surface area (Å²) in [6.07, 6.45) is 3.63. The van der Waals surface area contributed by atoms with Gasteiger partial charge in [0.05, 0.1) is 19.3 Å². The predicted octanol–water partition coefficient (Wildman–Crippen LogP) is 1.14. The summed E-state index contributed by atoms with van der Waals surface area (Å²) in [7, 11) is 3.48. The van der Waals surface area contributed by atoms with Crippen LogP contribution in [0.5, 0.6) is 5.88 Å². The van der Waals surface area contributed by atoms with E-state index in [1.807, 2.05) is 20.2 Å². The van der Waals surface area contributed by atoms with Gasteiger partial charge >= 0.3 is 0 Å². The van der Waals surface area contributed by atoms with Gasteiger partial charge in [-0.3, -0.25) is 4.68 Å². The zero-order valence-electron chi connectivity index (χ0n) is 10.1. The molecule has 0 spiro atoms. The molecule has 6 nitrogen and oxygen atoms in total. The van der Waals surface area contributed by atoms with Gasteiger partial charge in [0.1, 0.15) is 0 Å². The summed E-state index contributed by atoms with van der Waals surface area (Å²) in [5, 5.41) is 7.45. The first kappa shape index (κ1) is 11.4. The summed E-state index contributed by atoms with van der Waals surface area (Å²) in [4.78, 5) is 8.27. The first-order chi connectivity index (χ1) is 8.19. The molecule has 90 valence electrons. The van der Waals surface area contributed by atoms with Crippen molar-refractivity contribution >= 4 is 5.95 Å². The van der Waals surface area contributed by atoms with Crippen LogP contribution in [0.3, 0.4) is 0 Å². The molecule has 0 aliphatic rings. The fourth-order valence-corrected chi connectivity index (χ4v) is 1.53. The van der Waals surface area contributed by atoms with Crippen LogP contribution in [-0.2, 0) is 13.6 Å². The minimum atomic E-state index is 0.536. The van der Waals surface area contributed by atoms with E-state index in [2.05, 4.69) is 20.4 Å². The molecule has 6 heteroatoms. The topological polar surface area (TPSA) is 64.9 Å². The standard InChI is InChI=1S/C11H15N5O/c1-8-7-16(2)15-9(8)6-13-11-12-5-4-10(14-11)17-3/h4-5,7H,6H2,1-3H3,(H,12,13,14). The fourth-order valence-electron chi connectivity index (χ4n) is 1.53. The SMILES string of the molecule is COc1ccnc(NCc2nn(C)cc2C)n1. The highest BCUT2D eigenvalue weighted by molar-refractivity contribution is 5.29. The largest absolute Gasteiger partial charge is 0.481 e. The van der Waals surface area contributed by atoms with Gasteiger partial charge in [-0.05, 0) is 12.5 Å². The molecule has 17 heavy (non-hydrogen) atoms. The molecule has 0 radical (unpaired) electrons.